The van der Waals surface area contributed by atoms with Gasteiger partial charge < -0.3 is 5.32 Å². The van der Waals surface area contributed by atoms with Crippen LogP contribution in [-0.2, 0) is 0 Å². The Kier molecular flexibility index (Phi) is 3.54. The summed E-state index contributed by atoms with van der Waals surface area (Å²) in [6.07, 6.45) is 1.50. The summed E-state index contributed by atoms with van der Waals surface area (Å²) in [7, 11) is 0. The van der Waals surface area contributed by atoms with Crippen molar-refractivity contribution in [3.05, 3.63) is 71.3 Å². The zero-order chi connectivity index (χ0) is 14.8. The molecule has 0 saturated carbocycles. The Morgan fingerprint density at radius 1 is 1.10 bits per heavy atom. The fraction of sp³-hybridized carbons (Fsp3) is 0. The molecule has 104 valence electrons. The number of rotatable bonds is 2. The first-order chi connectivity index (χ1) is 10.1. The Hall–Kier alpha value is -2.46. The van der Waals surface area contributed by atoms with E-state index in [0.29, 0.717) is 22.0 Å². The summed E-state index contributed by atoms with van der Waals surface area (Å²) in [5, 5.41) is 3.99. The van der Waals surface area contributed by atoms with Gasteiger partial charge in [0.05, 0.1) is 0 Å². The summed E-state index contributed by atoms with van der Waals surface area (Å²) in [6, 6.07) is 12.8. The first kappa shape index (κ1) is 13.5. The van der Waals surface area contributed by atoms with E-state index in [0.717, 1.165) is 0 Å². The number of fused-ring (bicyclic) bond motifs is 1. The number of pyridine rings is 1. The lowest BCUT2D eigenvalue weighted by Crippen LogP contribution is -2.12. The normalized spacial score (nSPS) is 10.6. The first-order valence-electron chi connectivity index (χ1n) is 6.25. The molecule has 0 aliphatic carbocycles. The molecular formula is C16H10ClFN2O. The van der Waals surface area contributed by atoms with Crippen LogP contribution in [0.15, 0.2) is 54.7 Å². The molecule has 3 nitrogen and oxygen atoms in total. The third kappa shape index (κ3) is 2.71. The fourth-order valence-electron chi connectivity index (χ4n) is 2.14. The summed E-state index contributed by atoms with van der Waals surface area (Å²) in [4.78, 5) is 16.2. The number of aromatic nitrogens is 1. The van der Waals surface area contributed by atoms with Crippen LogP contribution in [0.2, 0.25) is 5.15 Å². The van der Waals surface area contributed by atoms with Gasteiger partial charge in [-0.05, 0) is 29.7 Å². The minimum Gasteiger partial charge on any atom is -0.322 e. The standard InChI is InChI=1S/C16H10ClFN2O/c17-15-9-10(7-8-19-15)20-16(21)13-5-6-14(18)12-4-2-1-3-11(12)13/h1-9H,(H,19,20,21). The molecule has 0 spiro atoms. The molecule has 1 N–H and O–H groups in total. The summed E-state index contributed by atoms with van der Waals surface area (Å²) in [6.45, 7) is 0. The van der Waals surface area contributed by atoms with Crippen molar-refractivity contribution in [2.24, 2.45) is 0 Å². The molecule has 5 heteroatoms. The third-order valence-corrected chi connectivity index (χ3v) is 3.31. The summed E-state index contributed by atoms with van der Waals surface area (Å²) in [5.41, 5.74) is 0.938. The lowest BCUT2D eigenvalue weighted by atomic mass is 10.0. The molecule has 0 aliphatic rings. The largest absolute Gasteiger partial charge is 0.322 e. The Balaban J connectivity index is 2.01. The molecule has 1 aromatic heterocycles. The smallest absolute Gasteiger partial charge is 0.256 e. The number of carbonyl (C=O) groups is 1. The topological polar surface area (TPSA) is 42.0 Å². The average Bonchev–Trinajstić information content (AvgIpc) is 2.48. The van der Waals surface area contributed by atoms with E-state index in [1.54, 1.807) is 36.4 Å². The van der Waals surface area contributed by atoms with E-state index in [9.17, 15) is 9.18 Å². The minimum atomic E-state index is -0.353. The quantitative estimate of drug-likeness (QED) is 0.718. The predicted molar refractivity (Wildman–Crippen MR) is 81.1 cm³/mol. The number of nitrogens with one attached hydrogen (secondary N) is 1. The molecule has 21 heavy (non-hydrogen) atoms. The van der Waals surface area contributed by atoms with E-state index in [1.165, 1.54) is 18.3 Å². The van der Waals surface area contributed by atoms with Crippen molar-refractivity contribution in [3.63, 3.8) is 0 Å². The van der Waals surface area contributed by atoms with Gasteiger partial charge in [-0.3, -0.25) is 4.79 Å². The van der Waals surface area contributed by atoms with Crippen LogP contribution < -0.4 is 5.32 Å². The zero-order valence-corrected chi connectivity index (χ0v) is 11.6. The average molecular weight is 301 g/mol. The number of hydrogen-bond acceptors (Lipinski definition) is 2. The fourth-order valence-corrected chi connectivity index (χ4v) is 2.31. The minimum absolute atomic E-state index is 0.289. The van der Waals surface area contributed by atoms with Crippen molar-refractivity contribution in [3.8, 4) is 0 Å². The highest BCUT2D eigenvalue weighted by Gasteiger charge is 2.12. The van der Waals surface area contributed by atoms with Gasteiger partial charge in [0.25, 0.3) is 5.91 Å². The van der Waals surface area contributed by atoms with Crippen LogP contribution in [0, 0.1) is 5.82 Å². The van der Waals surface area contributed by atoms with Gasteiger partial charge in [0.2, 0.25) is 0 Å². The molecule has 0 unspecified atom stereocenters. The number of nitrogens with zero attached hydrogens (tertiary/aromatic N) is 1. The Labute approximate surface area is 125 Å². The SMILES string of the molecule is O=C(Nc1ccnc(Cl)c1)c1ccc(F)c2ccccc12. The Morgan fingerprint density at radius 2 is 1.86 bits per heavy atom. The molecule has 0 saturated heterocycles. The maximum absolute atomic E-state index is 13.8. The molecule has 1 heterocycles. The molecule has 0 aliphatic heterocycles. The van der Waals surface area contributed by atoms with Gasteiger partial charge in [0.15, 0.2) is 0 Å². The van der Waals surface area contributed by atoms with Crippen molar-refractivity contribution < 1.29 is 9.18 Å². The molecular weight excluding hydrogens is 291 g/mol. The Morgan fingerprint density at radius 3 is 2.62 bits per heavy atom. The maximum atomic E-state index is 13.8. The summed E-state index contributed by atoms with van der Waals surface area (Å²) >= 11 is 5.78. The van der Waals surface area contributed by atoms with Crippen LogP contribution in [0.4, 0.5) is 10.1 Å². The van der Waals surface area contributed by atoms with E-state index >= 15 is 0 Å². The van der Waals surface area contributed by atoms with Gasteiger partial charge in [-0.1, -0.05) is 35.9 Å². The zero-order valence-electron chi connectivity index (χ0n) is 10.8. The highest BCUT2D eigenvalue weighted by Crippen LogP contribution is 2.23. The van der Waals surface area contributed by atoms with Gasteiger partial charge in [-0.25, -0.2) is 9.37 Å². The molecule has 3 aromatic rings. The van der Waals surface area contributed by atoms with Crippen LogP contribution in [0.3, 0.4) is 0 Å². The van der Waals surface area contributed by atoms with Crippen LogP contribution >= 0.6 is 11.6 Å². The van der Waals surface area contributed by atoms with Crippen LogP contribution in [-0.4, -0.2) is 10.9 Å². The highest BCUT2D eigenvalue weighted by atomic mass is 35.5. The van der Waals surface area contributed by atoms with Gasteiger partial charge in [-0.2, -0.15) is 0 Å². The van der Waals surface area contributed by atoms with Crippen molar-refractivity contribution in [2.45, 2.75) is 0 Å². The molecule has 1 amide bonds. The van der Waals surface area contributed by atoms with E-state index in [1.807, 2.05) is 0 Å². The number of anilines is 1. The highest BCUT2D eigenvalue weighted by molar-refractivity contribution is 6.29. The first-order valence-corrected chi connectivity index (χ1v) is 6.63. The van der Waals surface area contributed by atoms with Gasteiger partial charge in [0.1, 0.15) is 11.0 Å². The number of benzene rings is 2. The predicted octanol–water partition coefficient (Wildman–Crippen LogP) is 4.28. The lowest BCUT2D eigenvalue weighted by molar-refractivity contribution is 0.102. The van der Waals surface area contributed by atoms with Crippen molar-refractivity contribution in [2.75, 3.05) is 5.32 Å². The number of hydrogen-bond donors (Lipinski definition) is 1. The second-order valence-corrected chi connectivity index (χ2v) is 4.85. The number of amides is 1. The second kappa shape index (κ2) is 5.50. The van der Waals surface area contributed by atoms with Crippen LogP contribution in [0.5, 0.6) is 0 Å². The Bertz CT molecular complexity index is 835. The number of halogens is 2. The van der Waals surface area contributed by atoms with Gasteiger partial charge in [0, 0.05) is 22.8 Å². The van der Waals surface area contributed by atoms with Gasteiger partial charge in [-0.15, -0.1) is 0 Å². The molecule has 0 bridgehead atoms. The van der Waals surface area contributed by atoms with E-state index in [2.05, 4.69) is 10.3 Å². The monoisotopic (exact) mass is 300 g/mol. The molecule has 0 radical (unpaired) electrons. The second-order valence-electron chi connectivity index (χ2n) is 4.46. The summed E-state index contributed by atoms with van der Waals surface area (Å²) < 4.78 is 13.8. The van der Waals surface area contributed by atoms with Crippen molar-refractivity contribution in [1.82, 2.24) is 4.98 Å². The van der Waals surface area contributed by atoms with Crippen molar-refractivity contribution in [1.29, 1.82) is 0 Å². The van der Waals surface area contributed by atoms with Gasteiger partial charge >= 0.3 is 0 Å². The molecule has 0 atom stereocenters. The van der Waals surface area contributed by atoms with Crippen LogP contribution in [0.25, 0.3) is 10.8 Å². The van der Waals surface area contributed by atoms with E-state index in [4.69, 9.17) is 11.6 Å². The maximum Gasteiger partial charge on any atom is 0.256 e. The summed E-state index contributed by atoms with van der Waals surface area (Å²) in [5.74, 6) is -0.678. The number of carbonyl (C=O) groups excluding carboxylic acids is 1. The molecule has 3 rings (SSSR count). The van der Waals surface area contributed by atoms with E-state index in [-0.39, 0.29) is 16.9 Å². The van der Waals surface area contributed by atoms with Crippen molar-refractivity contribution >= 4 is 34.0 Å². The van der Waals surface area contributed by atoms with Crippen LogP contribution in [0.1, 0.15) is 10.4 Å². The van der Waals surface area contributed by atoms with E-state index < -0.39 is 0 Å². The molecule has 0 fully saturated rings. The lowest BCUT2D eigenvalue weighted by Gasteiger charge is -2.08. The molecule has 2 aromatic carbocycles. The third-order valence-electron chi connectivity index (χ3n) is 3.10.